The normalized spacial score (nSPS) is 11.3. The first-order valence-electron chi connectivity index (χ1n) is 6.85. The zero-order valence-electron chi connectivity index (χ0n) is 12.8. The number of benzene rings is 2. The molecule has 1 amide bonds. The first-order chi connectivity index (χ1) is 10.7. The van der Waals surface area contributed by atoms with Gasteiger partial charge in [-0.1, -0.05) is 35.4 Å². The van der Waals surface area contributed by atoms with Crippen LogP contribution in [0.3, 0.4) is 0 Å². The fraction of sp³-hybridized carbons (Fsp3) is 0.188. The van der Waals surface area contributed by atoms with E-state index in [-0.39, 0.29) is 4.90 Å². The first-order valence-corrected chi connectivity index (χ1v) is 8.67. The van der Waals surface area contributed by atoms with Crippen LogP contribution in [0.1, 0.15) is 11.1 Å². The molecule has 0 saturated heterocycles. The Hall–Kier alpha value is -2.05. The maximum Gasteiger partial charge on any atom is 0.264 e. The summed E-state index contributed by atoms with van der Waals surface area (Å²) in [5.41, 5.74) is 7.18. The maximum absolute atomic E-state index is 12.9. The highest BCUT2D eigenvalue weighted by Crippen LogP contribution is 2.29. The van der Waals surface area contributed by atoms with E-state index in [4.69, 9.17) is 17.3 Å². The average molecular weight is 353 g/mol. The first kappa shape index (κ1) is 17.3. The van der Waals surface area contributed by atoms with Crippen LogP contribution < -0.4 is 10.0 Å². The van der Waals surface area contributed by atoms with E-state index >= 15 is 0 Å². The zero-order chi connectivity index (χ0) is 17.2. The number of primary amides is 1. The highest BCUT2D eigenvalue weighted by atomic mass is 35.5. The molecule has 0 aromatic heterocycles. The van der Waals surface area contributed by atoms with Gasteiger partial charge in [-0.3, -0.25) is 9.10 Å². The molecule has 0 heterocycles. The summed E-state index contributed by atoms with van der Waals surface area (Å²) in [5, 5.41) is 0.374. The third kappa shape index (κ3) is 3.83. The number of sulfonamides is 1. The van der Waals surface area contributed by atoms with Gasteiger partial charge in [-0.15, -0.1) is 0 Å². The van der Waals surface area contributed by atoms with Crippen molar-refractivity contribution in [2.75, 3.05) is 10.8 Å². The molecule has 5 nitrogen and oxygen atoms in total. The van der Waals surface area contributed by atoms with Crippen LogP contribution in [-0.4, -0.2) is 20.9 Å². The lowest BCUT2D eigenvalue weighted by Gasteiger charge is -2.25. The number of carbonyl (C=O) groups excluding carboxylic acids is 1. The van der Waals surface area contributed by atoms with Crippen LogP contribution >= 0.6 is 11.6 Å². The molecule has 0 aliphatic carbocycles. The number of hydrogen-bond acceptors (Lipinski definition) is 3. The number of nitrogens with two attached hydrogens (primary N) is 1. The van der Waals surface area contributed by atoms with Crippen molar-refractivity contribution in [2.24, 2.45) is 5.73 Å². The quantitative estimate of drug-likeness (QED) is 0.898. The van der Waals surface area contributed by atoms with Crippen LogP contribution in [0.4, 0.5) is 5.69 Å². The van der Waals surface area contributed by atoms with Crippen molar-refractivity contribution in [1.82, 2.24) is 0 Å². The van der Waals surface area contributed by atoms with Gasteiger partial charge in [0, 0.05) is 5.02 Å². The van der Waals surface area contributed by atoms with Crippen LogP contribution in [0, 0.1) is 13.8 Å². The summed E-state index contributed by atoms with van der Waals surface area (Å²) >= 11 is 5.98. The van der Waals surface area contributed by atoms with Crippen molar-refractivity contribution in [1.29, 1.82) is 0 Å². The van der Waals surface area contributed by atoms with E-state index in [1.807, 2.05) is 6.92 Å². The fourth-order valence-electron chi connectivity index (χ4n) is 2.13. The monoisotopic (exact) mass is 352 g/mol. The molecule has 0 atom stereocenters. The summed E-state index contributed by atoms with van der Waals surface area (Å²) in [6.07, 6.45) is 0. The van der Waals surface area contributed by atoms with Gasteiger partial charge in [0.05, 0.1) is 10.6 Å². The number of amides is 1. The Kier molecular flexibility index (Phi) is 4.97. The Morgan fingerprint density at radius 2 is 1.74 bits per heavy atom. The van der Waals surface area contributed by atoms with Crippen molar-refractivity contribution < 1.29 is 13.2 Å². The van der Waals surface area contributed by atoms with Crippen LogP contribution in [-0.2, 0) is 14.8 Å². The van der Waals surface area contributed by atoms with Crippen LogP contribution in [0.25, 0.3) is 0 Å². The Bertz CT molecular complexity index is 833. The molecule has 0 radical (unpaired) electrons. The minimum Gasteiger partial charge on any atom is -0.368 e. The topological polar surface area (TPSA) is 80.5 Å². The third-order valence-corrected chi connectivity index (χ3v) is 5.36. The molecule has 23 heavy (non-hydrogen) atoms. The maximum atomic E-state index is 12.9. The Morgan fingerprint density at radius 3 is 2.30 bits per heavy atom. The predicted octanol–water partition coefficient (Wildman–Crippen LogP) is 2.64. The summed E-state index contributed by atoms with van der Waals surface area (Å²) in [6.45, 7) is 3.14. The van der Waals surface area contributed by atoms with E-state index in [1.54, 1.807) is 31.2 Å². The van der Waals surface area contributed by atoms with Crippen molar-refractivity contribution in [2.45, 2.75) is 18.7 Å². The number of nitrogens with zero attached hydrogens (tertiary/aromatic N) is 1. The Morgan fingerprint density at radius 1 is 1.13 bits per heavy atom. The molecule has 0 saturated carbocycles. The number of rotatable bonds is 5. The van der Waals surface area contributed by atoms with Gasteiger partial charge >= 0.3 is 0 Å². The minimum absolute atomic E-state index is 0.0868. The number of aryl methyl sites for hydroxylation is 2. The minimum atomic E-state index is -3.93. The van der Waals surface area contributed by atoms with Crippen LogP contribution in [0.5, 0.6) is 0 Å². The molecule has 2 aromatic carbocycles. The SMILES string of the molecule is Cc1ccc(S(=O)(=O)N(CC(N)=O)c2cc(Cl)ccc2C)cc1. The summed E-state index contributed by atoms with van der Waals surface area (Å²) in [6, 6.07) is 11.2. The van der Waals surface area contributed by atoms with Gasteiger partial charge in [0.1, 0.15) is 6.54 Å². The second-order valence-electron chi connectivity index (χ2n) is 5.22. The highest BCUT2D eigenvalue weighted by Gasteiger charge is 2.27. The van der Waals surface area contributed by atoms with E-state index in [2.05, 4.69) is 0 Å². The zero-order valence-corrected chi connectivity index (χ0v) is 14.4. The van der Waals surface area contributed by atoms with Gasteiger partial charge < -0.3 is 5.73 Å². The van der Waals surface area contributed by atoms with Gasteiger partial charge in [-0.05, 0) is 43.7 Å². The predicted molar refractivity (Wildman–Crippen MR) is 91.1 cm³/mol. The van der Waals surface area contributed by atoms with Crippen molar-refractivity contribution in [3.05, 3.63) is 58.6 Å². The van der Waals surface area contributed by atoms with Crippen LogP contribution in [0.2, 0.25) is 5.02 Å². The standard InChI is InChI=1S/C16H17ClN2O3S/c1-11-3-7-14(8-4-11)23(21,22)19(10-16(18)20)15-9-13(17)6-5-12(15)2/h3-9H,10H2,1-2H3,(H2,18,20). The Balaban J connectivity index is 2.60. The van der Waals surface area contributed by atoms with Crippen LogP contribution in [0.15, 0.2) is 47.4 Å². The average Bonchev–Trinajstić information content (AvgIpc) is 2.47. The summed E-state index contributed by atoms with van der Waals surface area (Å²) < 4.78 is 26.8. The fourth-order valence-corrected chi connectivity index (χ4v) is 3.78. The molecule has 0 fully saturated rings. The number of anilines is 1. The second kappa shape index (κ2) is 6.60. The number of hydrogen-bond donors (Lipinski definition) is 1. The van der Waals surface area contributed by atoms with E-state index in [9.17, 15) is 13.2 Å². The molecule has 0 spiro atoms. The molecule has 0 aliphatic rings. The molecular formula is C16H17ClN2O3S. The largest absolute Gasteiger partial charge is 0.368 e. The molecule has 2 aromatic rings. The smallest absolute Gasteiger partial charge is 0.264 e. The van der Waals surface area contributed by atoms with E-state index in [0.717, 1.165) is 9.87 Å². The summed E-state index contributed by atoms with van der Waals surface area (Å²) in [7, 11) is -3.93. The van der Waals surface area contributed by atoms with Gasteiger partial charge in [0.15, 0.2) is 0 Å². The van der Waals surface area contributed by atoms with E-state index in [0.29, 0.717) is 16.3 Å². The summed E-state index contributed by atoms with van der Waals surface area (Å²) in [5.74, 6) is -0.750. The molecule has 2 N–H and O–H groups in total. The van der Waals surface area contributed by atoms with Gasteiger partial charge in [-0.25, -0.2) is 8.42 Å². The van der Waals surface area contributed by atoms with Crippen molar-refractivity contribution in [3.8, 4) is 0 Å². The van der Waals surface area contributed by atoms with Gasteiger partial charge in [-0.2, -0.15) is 0 Å². The molecule has 0 aliphatic heterocycles. The van der Waals surface area contributed by atoms with Gasteiger partial charge in [0.2, 0.25) is 5.91 Å². The van der Waals surface area contributed by atoms with E-state index in [1.165, 1.54) is 18.2 Å². The molecular weight excluding hydrogens is 336 g/mol. The van der Waals surface area contributed by atoms with Crippen molar-refractivity contribution >= 4 is 33.2 Å². The second-order valence-corrected chi connectivity index (χ2v) is 7.52. The molecule has 0 unspecified atom stereocenters. The molecule has 122 valence electrons. The Labute approximate surface area is 140 Å². The van der Waals surface area contributed by atoms with E-state index < -0.39 is 22.5 Å². The molecule has 2 rings (SSSR count). The lowest BCUT2D eigenvalue weighted by molar-refractivity contribution is -0.116. The third-order valence-electron chi connectivity index (χ3n) is 3.35. The molecule has 0 bridgehead atoms. The lowest BCUT2D eigenvalue weighted by atomic mass is 10.2. The van der Waals surface area contributed by atoms with Gasteiger partial charge in [0.25, 0.3) is 10.0 Å². The number of halogens is 1. The highest BCUT2D eigenvalue weighted by molar-refractivity contribution is 7.92. The lowest BCUT2D eigenvalue weighted by Crippen LogP contribution is -2.39. The van der Waals surface area contributed by atoms with Crippen molar-refractivity contribution in [3.63, 3.8) is 0 Å². The molecule has 7 heteroatoms. The number of carbonyl (C=O) groups is 1. The summed E-state index contributed by atoms with van der Waals surface area (Å²) in [4.78, 5) is 11.5.